The molecular formula is C20H19N3O4. The smallest absolute Gasteiger partial charge is 0.349 e. The van der Waals surface area contributed by atoms with Crippen molar-refractivity contribution >= 4 is 17.5 Å². The number of methoxy groups -OCH3 is 1. The van der Waals surface area contributed by atoms with Gasteiger partial charge in [-0.1, -0.05) is 12.1 Å². The maximum atomic E-state index is 12.0. The SMILES string of the molecule is COc1ccccc1OCC(=O)Oc1ccc(Nc2cc(C)ncn2)cc1. The van der Waals surface area contributed by atoms with Crippen molar-refractivity contribution < 1.29 is 19.0 Å². The van der Waals surface area contributed by atoms with Gasteiger partial charge in [0.2, 0.25) is 0 Å². The molecule has 1 heterocycles. The number of nitrogens with one attached hydrogen (secondary N) is 1. The molecule has 0 bridgehead atoms. The van der Waals surface area contributed by atoms with E-state index in [1.54, 1.807) is 49.6 Å². The molecule has 3 aromatic rings. The Morgan fingerprint density at radius 2 is 1.78 bits per heavy atom. The van der Waals surface area contributed by atoms with Crippen LogP contribution in [-0.2, 0) is 4.79 Å². The molecule has 0 spiro atoms. The molecule has 27 heavy (non-hydrogen) atoms. The Kier molecular flexibility index (Phi) is 5.84. The summed E-state index contributed by atoms with van der Waals surface area (Å²) in [5, 5.41) is 3.15. The highest BCUT2D eigenvalue weighted by Gasteiger charge is 2.09. The predicted octanol–water partition coefficient (Wildman–Crippen LogP) is 3.52. The summed E-state index contributed by atoms with van der Waals surface area (Å²) in [6, 6.07) is 15.9. The highest BCUT2D eigenvalue weighted by atomic mass is 16.6. The van der Waals surface area contributed by atoms with Gasteiger partial charge in [-0.15, -0.1) is 0 Å². The molecule has 0 atom stereocenters. The van der Waals surface area contributed by atoms with Crippen LogP contribution in [0.4, 0.5) is 11.5 Å². The molecule has 0 unspecified atom stereocenters. The Morgan fingerprint density at radius 3 is 2.48 bits per heavy atom. The van der Waals surface area contributed by atoms with Crippen molar-refractivity contribution in [3.63, 3.8) is 0 Å². The molecule has 0 saturated heterocycles. The second-order valence-electron chi connectivity index (χ2n) is 5.61. The lowest BCUT2D eigenvalue weighted by molar-refractivity contribution is -0.136. The molecule has 3 rings (SSSR count). The molecule has 1 aromatic heterocycles. The van der Waals surface area contributed by atoms with E-state index in [9.17, 15) is 4.79 Å². The summed E-state index contributed by atoms with van der Waals surface area (Å²) < 4.78 is 15.9. The van der Waals surface area contributed by atoms with Gasteiger partial charge in [0.05, 0.1) is 7.11 Å². The summed E-state index contributed by atoms with van der Waals surface area (Å²) in [5.74, 6) is 1.65. The molecule has 2 aromatic carbocycles. The summed E-state index contributed by atoms with van der Waals surface area (Å²) in [6.07, 6.45) is 1.50. The summed E-state index contributed by atoms with van der Waals surface area (Å²) in [7, 11) is 1.54. The van der Waals surface area contributed by atoms with E-state index in [4.69, 9.17) is 14.2 Å². The van der Waals surface area contributed by atoms with Crippen LogP contribution in [0.25, 0.3) is 0 Å². The average molecular weight is 365 g/mol. The maximum Gasteiger partial charge on any atom is 0.349 e. The van der Waals surface area contributed by atoms with Gasteiger partial charge in [0.1, 0.15) is 17.9 Å². The minimum atomic E-state index is -0.506. The standard InChI is InChI=1S/C20H19N3O4/c1-14-11-19(22-13-21-14)23-15-7-9-16(10-8-15)27-20(24)12-26-18-6-4-3-5-17(18)25-2/h3-11,13H,12H2,1-2H3,(H,21,22,23). The molecule has 0 aliphatic rings. The average Bonchev–Trinajstić information content (AvgIpc) is 2.68. The van der Waals surface area contributed by atoms with Crippen molar-refractivity contribution in [1.82, 2.24) is 9.97 Å². The number of aryl methyl sites for hydroxylation is 1. The van der Waals surface area contributed by atoms with Crippen molar-refractivity contribution in [3.05, 3.63) is 66.6 Å². The number of carbonyl (C=O) groups excluding carboxylic acids is 1. The van der Waals surface area contributed by atoms with E-state index in [1.807, 2.05) is 19.1 Å². The Balaban J connectivity index is 1.54. The zero-order chi connectivity index (χ0) is 19.1. The zero-order valence-corrected chi connectivity index (χ0v) is 15.0. The van der Waals surface area contributed by atoms with Crippen LogP contribution in [0.1, 0.15) is 5.69 Å². The Bertz CT molecular complexity index is 913. The minimum absolute atomic E-state index is 0.222. The molecule has 138 valence electrons. The highest BCUT2D eigenvalue weighted by molar-refractivity contribution is 5.74. The van der Waals surface area contributed by atoms with Crippen molar-refractivity contribution in [2.45, 2.75) is 6.92 Å². The lowest BCUT2D eigenvalue weighted by atomic mass is 10.3. The van der Waals surface area contributed by atoms with Crippen LogP contribution in [-0.4, -0.2) is 29.7 Å². The third-order valence-electron chi connectivity index (χ3n) is 3.58. The Labute approximate surface area is 156 Å². The first-order chi connectivity index (χ1) is 13.1. The maximum absolute atomic E-state index is 12.0. The van der Waals surface area contributed by atoms with Gasteiger partial charge in [-0.2, -0.15) is 0 Å². The van der Waals surface area contributed by atoms with Gasteiger partial charge in [0.25, 0.3) is 0 Å². The van der Waals surface area contributed by atoms with Crippen LogP contribution in [0.2, 0.25) is 0 Å². The Morgan fingerprint density at radius 1 is 1.04 bits per heavy atom. The van der Waals surface area contributed by atoms with Gasteiger partial charge in [-0.25, -0.2) is 14.8 Å². The molecule has 7 heteroatoms. The van der Waals surface area contributed by atoms with Gasteiger partial charge in [0, 0.05) is 17.4 Å². The third kappa shape index (κ3) is 5.18. The molecule has 1 N–H and O–H groups in total. The lowest BCUT2D eigenvalue weighted by Gasteiger charge is -2.10. The van der Waals surface area contributed by atoms with Crippen LogP contribution in [0.15, 0.2) is 60.9 Å². The number of benzene rings is 2. The van der Waals surface area contributed by atoms with Gasteiger partial charge in [-0.3, -0.25) is 0 Å². The number of nitrogens with zero attached hydrogens (tertiary/aromatic N) is 2. The first-order valence-electron chi connectivity index (χ1n) is 8.26. The monoisotopic (exact) mass is 365 g/mol. The van der Waals surface area contributed by atoms with E-state index in [0.717, 1.165) is 11.4 Å². The first-order valence-corrected chi connectivity index (χ1v) is 8.26. The van der Waals surface area contributed by atoms with E-state index < -0.39 is 5.97 Å². The summed E-state index contributed by atoms with van der Waals surface area (Å²) in [4.78, 5) is 20.2. The number of carbonyl (C=O) groups is 1. The minimum Gasteiger partial charge on any atom is -0.493 e. The largest absolute Gasteiger partial charge is 0.493 e. The molecule has 7 nitrogen and oxygen atoms in total. The van der Waals surface area contributed by atoms with E-state index in [2.05, 4.69) is 15.3 Å². The number of aromatic nitrogens is 2. The van der Waals surface area contributed by atoms with Gasteiger partial charge in [0.15, 0.2) is 18.1 Å². The molecule has 0 saturated carbocycles. The van der Waals surface area contributed by atoms with Gasteiger partial charge < -0.3 is 19.5 Å². The van der Waals surface area contributed by atoms with Crippen LogP contribution in [0.3, 0.4) is 0 Å². The predicted molar refractivity (Wildman–Crippen MR) is 101 cm³/mol. The lowest BCUT2D eigenvalue weighted by Crippen LogP contribution is -2.17. The van der Waals surface area contributed by atoms with E-state index in [0.29, 0.717) is 23.1 Å². The zero-order valence-electron chi connectivity index (χ0n) is 15.0. The number of ether oxygens (including phenoxy) is 3. The molecule has 0 fully saturated rings. The second kappa shape index (κ2) is 8.66. The van der Waals surface area contributed by atoms with E-state index >= 15 is 0 Å². The van der Waals surface area contributed by atoms with E-state index in [-0.39, 0.29) is 6.61 Å². The van der Waals surface area contributed by atoms with Gasteiger partial charge in [-0.05, 0) is 43.3 Å². The van der Waals surface area contributed by atoms with Gasteiger partial charge >= 0.3 is 5.97 Å². The van der Waals surface area contributed by atoms with Crippen LogP contribution < -0.4 is 19.5 Å². The van der Waals surface area contributed by atoms with Crippen LogP contribution >= 0.6 is 0 Å². The topological polar surface area (TPSA) is 82.6 Å². The number of para-hydroxylation sites is 2. The fourth-order valence-corrected chi connectivity index (χ4v) is 2.31. The first kappa shape index (κ1) is 18.2. The number of rotatable bonds is 7. The van der Waals surface area contributed by atoms with Crippen LogP contribution in [0.5, 0.6) is 17.2 Å². The van der Waals surface area contributed by atoms with Crippen molar-refractivity contribution in [2.75, 3.05) is 19.0 Å². The van der Waals surface area contributed by atoms with Crippen molar-refractivity contribution in [1.29, 1.82) is 0 Å². The second-order valence-corrected chi connectivity index (χ2v) is 5.61. The van der Waals surface area contributed by atoms with Crippen molar-refractivity contribution in [3.8, 4) is 17.2 Å². The fraction of sp³-hybridized carbons (Fsp3) is 0.150. The molecule has 0 radical (unpaired) electrons. The summed E-state index contributed by atoms with van der Waals surface area (Å²) in [6.45, 7) is 1.67. The number of anilines is 2. The number of hydrogen-bond donors (Lipinski definition) is 1. The quantitative estimate of drug-likeness (QED) is 0.507. The Hall–Kier alpha value is -3.61. The number of hydrogen-bond acceptors (Lipinski definition) is 7. The number of esters is 1. The van der Waals surface area contributed by atoms with E-state index in [1.165, 1.54) is 6.33 Å². The molecule has 0 aliphatic heterocycles. The van der Waals surface area contributed by atoms with Crippen LogP contribution in [0, 0.1) is 6.92 Å². The molecule has 0 amide bonds. The highest BCUT2D eigenvalue weighted by Crippen LogP contribution is 2.25. The summed E-state index contributed by atoms with van der Waals surface area (Å²) in [5.41, 5.74) is 1.69. The summed E-state index contributed by atoms with van der Waals surface area (Å²) >= 11 is 0. The molecule has 0 aliphatic carbocycles. The fourth-order valence-electron chi connectivity index (χ4n) is 2.31. The molecular weight excluding hydrogens is 346 g/mol. The van der Waals surface area contributed by atoms with Crippen molar-refractivity contribution in [2.24, 2.45) is 0 Å². The third-order valence-corrected chi connectivity index (χ3v) is 3.58. The normalized spacial score (nSPS) is 10.1.